The normalized spacial score (nSPS) is 13.8. The van der Waals surface area contributed by atoms with Crippen LogP contribution in [-0.4, -0.2) is 23.7 Å². The van der Waals surface area contributed by atoms with Crippen molar-refractivity contribution in [3.63, 3.8) is 0 Å². The Morgan fingerprint density at radius 2 is 2.17 bits per heavy atom. The van der Waals surface area contributed by atoms with Crippen LogP contribution in [0.4, 0.5) is 4.39 Å². The van der Waals surface area contributed by atoms with Crippen molar-refractivity contribution in [1.29, 1.82) is 0 Å². The van der Waals surface area contributed by atoms with E-state index in [0.29, 0.717) is 12.1 Å². The van der Waals surface area contributed by atoms with E-state index in [9.17, 15) is 14.3 Å². The molecule has 1 aromatic rings. The molecular weight excluding hydrogens is 237 g/mol. The highest BCUT2D eigenvalue weighted by Gasteiger charge is 2.16. The number of halogens is 1. The number of rotatable bonds is 5. The van der Waals surface area contributed by atoms with Gasteiger partial charge in [-0.3, -0.25) is 4.79 Å². The van der Waals surface area contributed by atoms with Gasteiger partial charge in [-0.2, -0.15) is 0 Å². The number of aliphatic hydroxyl groups excluding tert-OH is 1. The zero-order valence-corrected chi connectivity index (χ0v) is 10.7. The SMILES string of the molecule is CCNC(=O)C(C)Oc1ccc(C(C)O)cc1F. The van der Waals surface area contributed by atoms with Gasteiger partial charge in [0.2, 0.25) is 0 Å². The Balaban J connectivity index is 2.76. The third kappa shape index (κ3) is 3.70. The van der Waals surface area contributed by atoms with Crippen LogP contribution >= 0.6 is 0 Å². The van der Waals surface area contributed by atoms with Crippen LogP contribution in [0.25, 0.3) is 0 Å². The number of nitrogens with one attached hydrogen (secondary N) is 1. The topological polar surface area (TPSA) is 58.6 Å². The van der Waals surface area contributed by atoms with Gasteiger partial charge in [-0.1, -0.05) is 6.07 Å². The molecule has 0 fully saturated rings. The number of ether oxygens (including phenoxy) is 1. The highest BCUT2D eigenvalue weighted by Crippen LogP contribution is 2.22. The average Bonchev–Trinajstić information content (AvgIpc) is 2.31. The first-order valence-electron chi connectivity index (χ1n) is 5.87. The number of amides is 1. The lowest BCUT2D eigenvalue weighted by molar-refractivity contribution is -0.127. The first kappa shape index (κ1) is 14.4. The summed E-state index contributed by atoms with van der Waals surface area (Å²) in [4.78, 5) is 11.4. The van der Waals surface area contributed by atoms with Gasteiger partial charge in [0.15, 0.2) is 17.7 Å². The van der Waals surface area contributed by atoms with E-state index in [4.69, 9.17) is 4.74 Å². The minimum absolute atomic E-state index is 0.00171. The lowest BCUT2D eigenvalue weighted by Crippen LogP contribution is -2.36. The van der Waals surface area contributed by atoms with E-state index >= 15 is 0 Å². The van der Waals surface area contributed by atoms with E-state index in [-0.39, 0.29) is 11.7 Å². The maximum atomic E-state index is 13.7. The van der Waals surface area contributed by atoms with E-state index in [2.05, 4.69) is 5.32 Å². The Morgan fingerprint density at radius 1 is 1.50 bits per heavy atom. The van der Waals surface area contributed by atoms with Crippen molar-refractivity contribution >= 4 is 5.91 Å². The minimum atomic E-state index is -0.767. The van der Waals surface area contributed by atoms with Crippen molar-refractivity contribution in [2.75, 3.05) is 6.54 Å². The molecule has 0 saturated carbocycles. The smallest absolute Gasteiger partial charge is 0.260 e. The molecule has 100 valence electrons. The Morgan fingerprint density at radius 3 is 2.67 bits per heavy atom. The second-order valence-corrected chi connectivity index (χ2v) is 4.02. The molecule has 5 heteroatoms. The monoisotopic (exact) mass is 255 g/mol. The van der Waals surface area contributed by atoms with Gasteiger partial charge in [0, 0.05) is 6.54 Å². The molecule has 1 rings (SSSR count). The molecule has 0 radical (unpaired) electrons. The van der Waals surface area contributed by atoms with Gasteiger partial charge in [-0.15, -0.1) is 0 Å². The van der Waals surface area contributed by atoms with Crippen molar-refractivity contribution in [2.24, 2.45) is 0 Å². The van der Waals surface area contributed by atoms with Crippen LogP contribution in [-0.2, 0) is 4.79 Å². The Labute approximate surface area is 106 Å². The van der Waals surface area contributed by atoms with Crippen LogP contribution in [0.15, 0.2) is 18.2 Å². The Bertz CT molecular complexity index is 421. The van der Waals surface area contributed by atoms with E-state index in [0.717, 1.165) is 0 Å². The van der Waals surface area contributed by atoms with Gasteiger partial charge in [0.1, 0.15) is 0 Å². The van der Waals surface area contributed by atoms with Gasteiger partial charge in [0.25, 0.3) is 5.91 Å². The maximum absolute atomic E-state index is 13.7. The highest BCUT2D eigenvalue weighted by atomic mass is 19.1. The van der Waals surface area contributed by atoms with Crippen molar-refractivity contribution < 1.29 is 19.0 Å². The third-order valence-electron chi connectivity index (χ3n) is 2.46. The van der Waals surface area contributed by atoms with Gasteiger partial charge in [-0.05, 0) is 38.5 Å². The number of benzene rings is 1. The molecule has 0 aromatic heterocycles. The first-order valence-corrected chi connectivity index (χ1v) is 5.87. The summed E-state index contributed by atoms with van der Waals surface area (Å²) in [5.41, 5.74) is 0.463. The minimum Gasteiger partial charge on any atom is -0.478 e. The molecule has 4 nitrogen and oxygen atoms in total. The average molecular weight is 255 g/mol. The molecule has 2 atom stereocenters. The fraction of sp³-hybridized carbons (Fsp3) is 0.462. The van der Waals surface area contributed by atoms with E-state index in [1.165, 1.54) is 12.1 Å². The zero-order chi connectivity index (χ0) is 13.7. The maximum Gasteiger partial charge on any atom is 0.260 e. The molecule has 0 aliphatic rings. The fourth-order valence-corrected chi connectivity index (χ4v) is 1.43. The van der Waals surface area contributed by atoms with Crippen LogP contribution in [0.1, 0.15) is 32.4 Å². The van der Waals surface area contributed by atoms with Crippen molar-refractivity contribution in [3.8, 4) is 5.75 Å². The Hall–Kier alpha value is -1.62. The molecule has 1 amide bonds. The fourth-order valence-electron chi connectivity index (χ4n) is 1.43. The molecule has 0 aliphatic carbocycles. The summed E-state index contributed by atoms with van der Waals surface area (Å²) in [6.45, 7) is 5.39. The number of likely N-dealkylation sites (N-methyl/N-ethyl adjacent to an activating group) is 1. The van der Waals surface area contributed by atoms with E-state index in [1.807, 2.05) is 0 Å². The summed E-state index contributed by atoms with van der Waals surface area (Å²) in [7, 11) is 0. The van der Waals surface area contributed by atoms with Gasteiger partial charge in [0.05, 0.1) is 6.10 Å². The first-order chi connectivity index (χ1) is 8.45. The number of carbonyl (C=O) groups excluding carboxylic acids is 1. The van der Waals surface area contributed by atoms with Crippen LogP contribution in [0.2, 0.25) is 0 Å². The summed E-state index contributed by atoms with van der Waals surface area (Å²) in [5, 5.41) is 11.9. The third-order valence-corrected chi connectivity index (χ3v) is 2.46. The Kier molecular flexibility index (Phi) is 5.09. The molecule has 0 spiro atoms. The molecular formula is C13H18FNO3. The number of aliphatic hydroxyl groups is 1. The summed E-state index contributed by atoms with van der Waals surface area (Å²) >= 11 is 0. The quantitative estimate of drug-likeness (QED) is 0.843. The van der Waals surface area contributed by atoms with Gasteiger partial charge >= 0.3 is 0 Å². The molecule has 2 unspecified atom stereocenters. The van der Waals surface area contributed by atoms with Crippen LogP contribution in [0.5, 0.6) is 5.75 Å². The zero-order valence-electron chi connectivity index (χ0n) is 10.7. The largest absolute Gasteiger partial charge is 0.478 e. The summed E-state index contributed by atoms with van der Waals surface area (Å²) < 4.78 is 18.9. The van der Waals surface area contributed by atoms with Gasteiger partial charge in [-0.25, -0.2) is 4.39 Å². The van der Waals surface area contributed by atoms with Crippen molar-refractivity contribution in [2.45, 2.75) is 33.0 Å². The van der Waals surface area contributed by atoms with Crippen molar-refractivity contribution in [1.82, 2.24) is 5.32 Å². The molecule has 1 aromatic carbocycles. The predicted molar refractivity (Wildman–Crippen MR) is 65.8 cm³/mol. The number of hydrogen-bond donors (Lipinski definition) is 2. The lowest BCUT2D eigenvalue weighted by atomic mass is 10.1. The summed E-state index contributed by atoms with van der Waals surface area (Å²) in [5.74, 6) is -0.890. The van der Waals surface area contributed by atoms with Gasteiger partial charge < -0.3 is 15.2 Å². The van der Waals surface area contributed by atoms with Crippen molar-refractivity contribution in [3.05, 3.63) is 29.6 Å². The van der Waals surface area contributed by atoms with Crippen LogP contribution < -0.4 is 10.1 Å². The number of hydrogen-bond acceptors (Lipinski definition) is 3. The van der Waals surface area contributed by atoms with E-state index < -0.39 is 18.0 Å². The van der Waals surface area contributed by atoms with Crippen LogP contribution in [0, 0.1) is 5.82 Å². The summed E-state index contributed by atoms with van der Waals surface area (Å²) in [6.07, 6.45) is -1.51. The number of carbonyl (C=O) groups is 1. The second-order valence-electron chi connectivity index (χ2n) is 4.02. The molecule has 0 bridgehead atoms. The second kappa shape index (κ2) is 6.35. The molecule has 18 heavy (non-hydrogen) atoms. The molecule has 2 N–H and O–H groups in total. The lowest BCUT2D eigenvalue weighted by Gasteiger charge is -2.15. The molecule has 0 heterocycles. The van der Waals surface area contributed by atoms with Crippen LogP contribution in [0.3, 0.4) is 0 Å². The summed E-state index contributed by atoms with van der Waals surface area (Å²) in [6, 6.07) is 4.17. The standard InChI is InChI=1S/C13H18FNO3/c1-4-15-13(17)9(3)18-12-6-5-10(8(2)16)7-11(12)14/h5-9,16H,4H2,1-3H3,(H,15,17). The van der Waals surface area contributed by atoms with E-state index in [1.54, 1.807) is 26.8 Å². The molecule has 0 aliphatic heterocycles. The predicted octanol–water partition coefficient (Wildman–Crippen LogP) is 1.78. The molecule has 0 saturated heterocycles. The highest BCUT2D eigenvalue weighted by molar-refractivity contribution is 5.80.